The number of ether oxygens (including phenoxy) is 1. The molecule has 23 heavy (non-hydrogen) atoms. The quantitative estimate of drug-likeness (QED) is 0.819. The summed E-state index contributed by atoms with van der Waals surface area (Å²) in [5.74, 6) is 1.45. The van der Waals surface area contributed by atoms with E-state index in [1.807, 2.05) is 24.3 Å². The van der Waals surface area contributed by atoms with Crippen molar-refractivity contribution in [3.63, 3.8) is 0 Å². The first kappa shape index (κ1) is 18.4. The molecule has 2 aromatic rings. The normalized spacial score (nSPS) is 13.7. The van der Waals surface area contributed by atoms with Crippen LogP contribution in [0.3, 0.4) is 0 Å². The lowest BCUT2D eigenvalue weighted by Crippen LogP contribution is -2.16. The molecule has 3 nitrogen and oxygen atoms in total. The van der Waals surface area contributed by atoms with Crippen LogP contribution in [0.2, 0.25) is 5.02 Å². The van der Waals surface area contributed by atoms with Crippen LogP contribution < -0.4 is 10.1 Å². The average molecular weight is 371 g/mol. The fourth-order valence-electron chi connectivity index (χ4n) is 2.66. The van der Waals surface area contributed by atoms with Crippen LogP contribution in [0.4, 0.5) is 0 Å². The van der Waals surface area contributed by atoms with E-state index in [1.54, 1.807) is 18.9 Å². The van der Waals surface area contributed by atoms with Crippen LogP contribution in [0.5, 0.6) is 5.88 Å². The number of hydrogen-bond donors (Lipinski definition) is 1. The van der Waals surface area contributed by atoms with Crippen LogP contribution in [0.15, 0.2) is 35.2 Å². The van der Waals surface area contributed by atoms with Crippen LogP contribution in [-0.4, -0.2) is 25.2 Å². The topological polar surface area (TPSA) is 34.1 Å². The molecule has 0 bridgehead atoms. The summed E-state index contributed by atoms with van der Waals surface area (Å²) in [5.41, 5.74) is 3.81. The summed E-state index contributed by atoms with van der Waals surface area (Å²) in [6.07, 6.45) is 2.10. The highest BCUT2D eigenvalue weighted by atomic mass is 35.5. The van der Waals surface area contributed by atoms with Gasteiger partial charge >= 0.3 is 0 Å². The summed E-state index contributed by atoms with van der Waals surface area (Å²) in [6, 6.07) is 10.0. The van der Waals surface area contributed by atoms with Crippen LogP contribution in [0.25, 0.3) is 0 Å². The molecule has 6 heteroatoms. The van der Waals surface area contributed by atoms with Gasteiger partial charge in [-0.3, -0.25) is 0 Å². The monoisotopic (exact) mass is 370 g/mol. The molecule has 0 unspecified atom stereocenters. The summed E-state index contributed by atoms with van der Waals surface area (Å²) in [5, 5.41) is 4.29. The molecule has 0 saturated heterocycles. The van der Waals surface area contributed by atoms with E-state index in [0.717, 1.165) is 42.4 Å². The number of rotatable bonds is 4. The van der Waals surface area contributed by atoms with Crippen molar-refractivity contribution in [1.29, 1.82) is 0 Å². The fourth-order valence-corrected chi connectivity index (χ4v) is 4.07. The highest BCUT2D eigenvalue weighted by Crippen LogP contribution is 2.35. The van der Waals surface area contributed by atoms with Crippen molar-refractivity contribution in [1.82, 2.24) is 10.3 Å². The second-order valence-electron chi connectivity index (χ2n) is 5.22. The van der Waals surface area contributed by atoms with E-state index in [4.69, 9.17) is 16.3 Å². The van der Waals surface area contributed by atoms with Crippen molar-refractivity contribution in [2.45, 2.75) is 23.5 Å². The van der Waals surface area contributed by atoms with Gasteiger partial charge in [-0.15, -0.1) is 24.2 Å². The van der Waals surface area contributed by atoms with Gasteiger partial charge in [0.15, 0.2) is 0 Å². The molecule has 124 valence electrons. The molecule has 1 aliphatic heterocycles. The number of thioether (sulfide) groups is 1. The maximum atomic E-state index is 6.45. The standard InChI is InChI=1S/C17H19ClN2OS.ClH/c1-21-16-4-2-3-13(20-16)11-22-17-14-8-10-19-9-7-12(14)5-6-15(17)18;/h2-6,19H,7-11H2,1H3;1H. The molecule has 2 heterocycles. The van der Waals surface area contributed by atoms with Crippen LogP contribution in [0.1, 0.15) is 16.8 Å². The van der Waals surface area contributed by atoms with E-state index in [9.17, 15) is 0 Å². The Kier molecular flexibility index (Phi) is 7.03. The van der Waals surface area contributed by atoms with E-state index in [-0.39, 0.29) is 12.4 Å². The SMILES string of the molecule is COc1cccc(CSc2c(Cl)ccc3c2CCNCC3)n1.Cl. The largest absolute Gasteiger partial charge is 0.481 e. The molecule has 1 aromatic carbocycles. The first-order valence-electron chi connectivity index (χ1n) is 7.41. The average Bonchev–Trinajstić information content (AvgIpc) is 2.79. The van der Waals surface area contributed by atoms with Crippen molar-refractivity contribution < 1.29 is 4.74 Å². The smallest absolute Gasteiger partial charge is 0.213 e. The van der Waals surface area contributed by atoms with Gasteiger partial charge in [0.25, 0.3) is 0 Å². The van der Waals surface area contributed by atoms with Gasteiger partial charge in [-0.1, -0.05) is 23.7 Å². The molecule has 0 amide bonds. The molecule has 1 N–H and O–H groups in total. The summed E-state index contributed by atoms with van der Waals surface area (Å²) in [7, 11) is 1.64. The number of hydrogen-bond acceptors (Lipinski definition) is 4. The van der Waals surface area contributed by atoms with Gasteiger partial charge in [0.2, 0.25) is 5.88 Å². The van der Waals surface area contributed by atoms with Crippen molar-refractivity contribution >= 4 is 35.8 Å². The van der Waals surface area contributed by atoms with Gasteiger partial charge in [-0.25, -0.2) is 4.98 Å². The molecule has 1 aromatic heterocycles. The second-order valence-corrected chi connectivity index (χ2v) is 6.62. The summed E-state index contributed by atoms with van der Waals surface area (Å²) >= 11 is 8.22. The summed E-state index contributed by atoms with van der Waals surface area (Å²) in [4.78, 5) is 5.67. The molecule has 0 spiro atoms. The van der Waals surface area contributed by atoms with Crippen LogP contribution in [-0.2, 0) is 18.6 Å². The van der Waals surface area contributed by atoms with Gasteiger partial charge in [0, 0.05) is 16.7 Å². The number of fused-ring (bicyclic) bond motifs is 1. The Hall–Kier alpha value is -0.940. The number of pyridine rings is 1. The van der Waals surface area contributed by atoms with E-state index < -0.39 is 0 Å². The number of halogens is 2. The predicted octanol–water partition coefficient (Wildman–Crippen LogP) is 4.15. The minimum atomic E-state index is 0. The van der Waals surface area contributed by atoms with Crippen molar-refractivity contribution in [3.05, 3.63) is 52.2 Å². The minimum Gasteiger partial charge on any atom is -0.481 e. The summed E-state index contributed by atoms with van der Waals surface area (Å²) < 4.78 is 5.18. The Labute approximate surface area is 152 Å². The number of benzene rings is 1. The lowest BCUT2D eigenvalue weighted by atomic mass is 10.0. The number of methoxy groups -OCH3 is 1. The molecular weight excluding hydrogens is 351 g/mol. The van der Waals surface area contributed by atoms with Crippen LogP contribution >= 0.6 is 35.8 Å². The first-order valence-corrected chi connectivity index (χ1v) is 8.78. The molecule has 0 aliphatic carbocycles. The predicted molar refractivity (Wildman–Crippen MR) is 99.3 cm³/mol. The zero-order valence-electron chi connectivity index (χ0n) is 13.0. The number of aromatic nitrogens is 1. The van der Waals surface area contributed by atoms with E-state index in [1.165, 1.54) is 16.0 Å². The highest BCUT2D eigenvalue weighted by Gasteiger charge is 2.15. The number of nitrogens with zero attached hydrogens (tertiary/aromatic N) is 1. The van der Waals surface area contributed by atoms with Gasteiger partial charge in [0.05, 0.1) is 17.8 Å². The lowest BCUT2D eigenvalue weighted by Gasteiger charge is -2.13. The maximum Gasteiger partial charge on any atom is 0.213 e. The van der Waals surface area contributed by atoms with Crippen molar-refractivity contribution in [2.24, 2.45) is 0 Å². The van der Waals surface area contributed by atoms with Crippen molar-refractivity contribution in [2.75, 3.05) is 20.2 Å². The van der Waals surface area contributed by atoms with Gasteiger partial charge in [0.1, 0.15) is 0 Å². The number of nitrogens with one attached hydrogen (secondary N) is 1. The molecule has 0 radical (unpaired) electrons. The van der Waals surface area contributed by atoms with Crippen molar-refractivity contribution in [3.8, 4) is 5.88 Å². The highest BCUT2D eigenvalue weighted by molar-refractivity contribution is 7.98. The molecule has 0 atom stereocenters. The van der Waals surface area contributed by atoms with E-state index >= 15 is 0 Å². The molecule has 3 rings (SSSR count). The zero-order valence-corrected chi connectivity index (χ0v) is 15.4. The summed E-state index contributed by atoms with van der Waals surface area (Å²) in [6.45, 7) is 2.05. The second kappa shape index (κ2) is 8.78. The van der Waals surface area contributed by atoms with E-state index in [2.05, 4.69) is 16.4 Å². The minimum absolute atomic E-state index is 0. The molecule has 1 aliphatic rings. The van der Waals surface area contributed by atoms with Gasteiger partial charge in [-0.2, -0.15) is 0 Å². The van der Waals surface area contributed by atoms with Crippen LogP contribution in [0, 0.1) is 0 Å². The van der Waals surface area contributed by atoms with E-state index in [0.29, 0.717) is 5.88 Å². The molecule has 0 saturated carbocycles. The Bertz CT molecular complexity index is 667. The Balaban J connectivity index is 0.00000192. The Morgan fingerprint density at radius 2 is 2.04 bits per heavy atom. The molecular formula is C17H20Cl2N2OS. The zero-order chi connectivity index (χ0) is 15.4. The van der Waals surface area contributed by atoms with Gasteiger partial charge in [-0.05, 0) is 49.2 Å². The Morgan fingerprint density at radius 3 is 2.87 bits per heavy atom. The maximum absolute atomic E-state index is 6.45. The molecule has 0 fully saturated rings. The Morgan fingerprint density at radius 1 is 1.22 bits per heavy atom. The third-order valence-electron chi connectivity index (χ3n) is 3.79. The third-order valence-corrected chi connectivity index (χ3v) is 5.41. The first-order chi connectivity index (χ1) is 10.8. The fraction of sp³-hybridized carbons (Fsp3) is 0.353. The lowest BCUT2D eigenvalue weighted by molar-refractivity contribution is 0.397. The van der Waals surface area contributed by atoms with Gasteiger partial charge < -0.3 is 10.1 Å². The third kappa shape index (κ3) is 4.54.